The Hall–Kier alpha value is -2.36. The van der Waals surface area contributed by atoms with Gasteiger partial charge in [0.25, 0.3) is 0 Å². The molecular weight excluding hydrogens is 329 g/mol. The Labute approximate surface area is 154 Å². The van der Waals surface area contributed by atoms with Crippen LogP contribution in [0.25, 0.3) is 11.1 Å². The molecule has 0 aromatic heterocycles. The molecule has 1 aliphatic carbocycles. The maximum absolute atomic E-state index is 15.0. The molecule has 0 aliphatic heterocycles. The van der Waals surface area contributed by atoms with Crippen LogP contribution in [0.15, 0.2) is 36.4 Å². The molecule has 4 heteroatoms. The number of hydrogen-bond donors (Lipinski definition) is 2. The van der Waals surface area contributed by atoms with Crippen LogP contribution >= 0.6 is 0 Å². The summed E-state index contributed by atoms with van der Waals surface area (Å²) in [6.45, 7) is 6.18. The molecule has 0 unspecified atom stereocenters. The fraction of sp³-hybridized carbons (Fsp3) is 0.409. The van der Waals surface area contributed by atoms with Gasteiger partial charge in [-0.05, 0) is 59.1 Å². The van der Waals surface area contributed by atoms with E-state index in [1.807, 2.05) is 38.1 Å². The van der Waals surface area contributed by atoms with Crippen LogP contribution in [0.1, 0.15) is 56.3 Å². The first-order valence-electron chi connectivity index (χ1n) is 9.23. The van der Waals surface area contributed by atoms with Crippen molar-refractivity contribution in [3.63, 3.8) is 0 Å². The first-order valence-corrected chi connectivity index (χ1v) is 9.23. The van der Waals surface area contributed by atoms with Crippen LogP contribution in [0.5, 0.6) is 0 Å². The second kappa shape index (κ2) is 7.10. The molecule has 1 amide bonds. The zero-order valence-electron chi connectivity index (χ0n) is 15.6. The number of amides is 1. The molecule has 0 saturated heterocycles. The van der Waals surface area contributed by atoms with Gasteiger partial charge >= 0.3 is 6.09 Å². The van der Waals surface area contributed by atoms with E-state index < -0.39 is 12.1 Å². The zero-order chi connectivity index (χ0) is 18.9. The molecule has 0 bridgehead atoms. The molecule has 0 heterocycles. The number of carbonyl (C=O) groups is 1. The van der Waals surface area contributed by atoms with E-state index in [1.54, 1.807) is 0 Å². The Morgan fingerprint density at radius 2 is 2.08 bits per heavy atom. The predicted octanol–water partition coefficient (Wildman–Crippen LogP) is 5.73. The van der Waals surface area contributed by atoms with E-state index in [9.17, 15) is 14.3 Å². The minimum Gasteiger partial charge on any atom is -0.465 e. The van der Waals surface area contributed by atoms with Crippen LogP contribution in [0, 0.1) is 11.2 Å². The van der Waals surface area contributed by atoms with Gasteiger partial charge in [0.15, 0.2) is 0 Å². The lowest BCUT2D eigenvalue weighted by Crippen LogP contribution is -2.40. The highest BCUT2D eigenvalue weighted by Crippen LogP contribution is 2.45. The molecule has 0 spiro atoms. The molecule has 2 N–H and O–H groups in total. The summed E-state index contributed by atoms with van der Waals surface area (Å²) in [4.78, 5) is 11.2. The molecular formula is C22H26FNO2. The quantitative estimate of drug-likeness (QED) is 0.736. The summed E-state index contributed by atoms with van der Waals surface area (Å²) in [5.74, 6) is -0.299. The highest BCUT2D eigenvalue weighted by Gasteiger charge is 2.37. The Morgan fingerprint density at radius 1 is 1.31 bits per heavy atom. The van der Waals surface area contributed by atoms with Crippen LogP contribution in [0.4, 0.5) is 9.18 Å². The Balaban J connectivity index is 2.05. The molecule has 3 rings (SSSR count). The van der Waals surface area contributed by atoms with Crippen molar-refractivity contribution in [2.24, 2.45) is 5.41 Å². The summed E-state index contributed by atoms with van der Waals surface area (Å²) >= 11 is 0. The van der Waals surface area contributed by atoms with Gasteiger partial charge in [-0.1, -0.05) is 51.5 Å². The second-order valence-corrected chi connectivity index (χ2v) is 7.85. The van der Waals surface area contributed by atoms with E-state index in [1.165, 1.54) is 11.6 Å². The predicted molar refractivity (Wildman–Crippen MR) is 102 cm³/mol. The average Bonchev–Trinajstić information content (AvgIpc) is 2.58. The zero-order valence-corrected chi connectivity index (χ0v) is 15.6. The van der Waals surface area contributed by atoms with Gasteiger partial charge in [-0.2, -0.15) is 0 Å². The third kappa shape index (κ3) is 3.59. The smallest absolute Gasteiger partial charge is 0.405 e. The first kappa shape index (κ1) is 18.4. The molecule has 138 valence electrons. The molecule has 0 saturated carbocycles. The molecule has 0 radical (unpaired) electrons. The van der Waals surface area contributed by atoms with Crippen molar-refractivity contribution in [1.29, 1.82) is 0 Å². The summed E-state index contributed by atoms with van der Waals surface area (Å²) in [6.07, 6.45) is 2.62. The van der Waals surface area contributed by atoms with Gasteiger partial charge in [-0.15, -0.1) is 0 Å². The van der Waals surface area contributed by atoms with E-state index in [4.69, 9.17) is 0 Å². The molecule has 1 atom stereocenters. The summed E-state index contributed by atoms with van der Waals surface area (Å²) in [5.41, 5.74) is 4.21. The van der Waals surface area contributed by atoms with E-state index in [0.717, 1.165) is 42.4 Å². The summed E-state index contributed by atoms with van der Waals surface area (Å²) < 4.78 is 15.0. The van der Waals surface area contributed by atoms with Gasteiger partial charge in [0, 0.05) is 5.56 Å². The van der Waals surface area contributed by atoms with Gasteiger partial charge < -0.3 is 10.4 Å². The normalized spacial score (nSPS) is 18.2. The number of carboxylic acid groups (broad SMARTS) is 1. The van der Waals surface area contributed by atoms with Crippen LogP contribution < -0.4 is 5.32 Å². The number of halogens is 1. The van der Waals surface area contributed by atoms with Crippen molar-refractivity contribution in [3.8, 4) is 11.1 Å². The summed E-state index contributed by atoms with van der Waals surface area (Å²) in [6, 6.07) is 11.0. The minimum atomic E-state index is -1.08. The first-order chi connectivity index (χ1) is 12.3. The Bertz CT molecular complexity index is 829. The van der Waals surface area contributed by atoms with Crippen molar-refractivity contribution >= 4 is 6.09 Å². The molecule has 0 fully saturated rings. The van der Waals surface area contributed by atoms with Crippen molar-refractivity contribution in [1.82, 2.24) is 5.32 Å². The SMILES string of the molecule is CCCc1cccc(-c2cc3c(cc2F)[C@H](NC(=O)O)C(C)(C)CC3)c1. The van der Waals surface area contributed by atoms with Gasteiger partial charge in [-0.25, -0.2) is 9.18 Å². The van der Waals surface area contributed by atoms with Crippen molar-refractivity contribution in [3.05, 3.63) is 58.9 Å². The maximum Gasteiger partial charge on any atom is 0.405 e. The molecule has 1 aliphatic rings. The van der Waals surface area contributed by atoms with Crippen LogP contribution in [-0.4, -0.2) is 11.2 Å². The van der Waals surface area contributed by atoms with E-state index in [2.05, 4.69) is 18.3 Å². The largest absolute Gasteiger partial charge is 0.465 e. The lowest BCUT2D eigenvalue weighted by Gasteiger charge is -2.40. The monoisotopic (exact) mass is 355 g/mol. The molecule has 2 aromatic rings. The molecule has 26 heavy (non-hydrogen) atoms. The third-order valence-corrected chi connectivity index (χ3v) is 5.40. The van der Waals surface area contributed by atoms with Crippen LogP contribution in [0.3, 0.4) is 0 Å². The van der Waals surface area contributed by atoms with Crippen molar-refractivity contribution < 1.29 is 14.3 Å². The summed E-state index contributed by atoms with van der Waals surface area (Å²) in [7, 11) is 0. The standard InChI is InChI=1S/C22H26FNO2/c1-4-6-14-7-5-8-15(11-14)17-12-16-9-10-22(2,3)20(24-21(25)26)18(16)13-19(17)23/h5,7-8,11-13,20,24H,4,6,9-10H2,1-3H3,(H,25,26)/t20-/m0/s1. The number of nitrogens with one attached hydrogen (secondary N) is 1. The summed E-state index contributed by atoms with van der Waals surface area (Å²) in [5, 5.41) is 11.8. The fourth-order valence-electron chi connectivity index (χ4n) is 3.94. The lowest BCUT2D eigenvalue weighted by atomic mass is 9.70. The number of rotatable bonds is 4. The lowest BCUT2D eigenvalue weighted by molar-refractivity contribution is 0.161. The van der Waals surface area contributed by atoms with Gasteiger partial charge in [0.05, 0.1) is 6.04 Å². The number of hydrogen-bond acceptors (Lipinski definition) is 1. The topological polar surface area (TPSA) is 49.3 Å². The average molecular weight is 355 g/mol. The highest BCUT2D eigenvalue weighted by molar-refractivity contribution is 5.69. The number of aryl methyl sites for hydroxylation is 2. The van der Waals surface area contributed by atoms with Crippen molar-refractivity contribution in [2.75, 3.05) is 0 Å². The van der Waals surface area contributed by atoms with E-state index >= 15 is 0 Å². The maximum atomic E-state index is 15.0. The Morgan fingerprint density at radius 3 is 2.77 bits per heavy atom. The van der Waals surface area contributed by atoms with Gasteiger partial charge in [0.1, 0.15) is 5.82 Å². The number of benzene rings is 2. The minimum absolute atomic E-state index is 0.250. The van der Waals surface area contributed by atoms with Crippen LogP contribution in [-0.2, 0) is 12.8 Å². The van der Waals surface area contributed by atoms with Crippen molar-refractivity contribution in [2.45, 2.75) is 52.5 Å². The van der Waals surface area contributed by atoms with Gasteiger partial charge in [-0.3, -0.25) is 0 Å². The fourth-order valence-corrected chi connectivity index (χ4v) is 3.94. The van der Waals surface area contributed by atoms with E-state index in [-0.39, 0.29) is 11.2 Å². The Kier molecular flexibility index (Phi) is 5.03. The third-order valence-electron chi connectivity index (χ3n) is 5.40. The second-order valence-electron chi connectivity index (χ2n) is 7.85. The highest BCUT2D eigenvalue weighted by atomic mass is 19.1. The van der Waals surface area contributed by atoms with Gasteiger partial charge in [0.2, 0.25) is 0 Å². The molecule has 3 nitrogen and oxygen atoms in total. The number of fused-ring (bicyclic) bond motifs is 1. The van der Waals surface area contributed by atoms with Crippen LogP contribution in [0.2, 0.25) is 0 Å². The molecule has 2 aromatic carbocycles. The van der Waals surface area contributed by atoms with E-state index in [0.29, 0.717) is 5.56 Å².